The number of hydrogen-bond acceptors (Lipinski definition) is 4. The van der Waals surface area contributed by atoms with Crippen LogP contribution >= 0.6 is 24.0 Å². The fourth-order valence-electron chi connectivity index (χ4n) is 3.97. The molecule has 3 rings (SSSR count). The van der Waals surface area contributed by atoms with Crippen LogP contribution in [0.15, 0.2) is 35.6 Å². The Balaban J connectivity index is 0.00000320. The Labute approximate surface area is 198 Å². The second-order valence-electron chi connectivity index (χ2n) is 8.05. The van der Waals surface area contributed by atoms with Crippen molar-refractivity contribution in [2.75, 3.05) is 58.8 Å². The predicted molar refractivity (Wildman–Crippen MR) is 136 cm³/mol. The third-order valence-electron chi connectivity index (χ3n) is 5.89. The molecule has 2 heterocycles. The van der Waals surface area contributed by atoms with Gasteiger partial charge in [0.25, 0.3) is 0 Å². The molecule has 0 amide bonds. The molecule has 1 N–H and O–H groups in total. The first-order valence-electron chi connectivity index (χ1n) is 10.3. The molecule has 2 aromatic rings. The Kier molecular flexibility index (Phi) is 8.96. The minimum Gasteiger partial charge on any atom is -0.368 e. The van der Waals surface area contributed by atoms with Crippen LogP contribution in [0.1, 0.15) is 22.7 Å². The normalized spacial score (nSPS) is 15.9. The Bertz CT molecular complexity index is 838. The molecule has 1 aliphatic heterocycles. The van der Waals surface area contributed by atoms with Gasteiger partial charge in [0.1, 0.15) is 0 Å². The van der Waals surface area contributed by atoms with Gasteiger partial charge < -0.3 is 20.0 Å². The first-order valence-corrected chi connectivity index (χ1v) is 10.3. The number of nitrogens with one attached hydrogen (secondary N) is 1. The molecule has 1 aromatic carbocycles. The van der Waals surface area contributed by atoms with Crippen LogP contribution < -0.4 is 10.2 Å². The van der Waals surface area contributed by atoms with Gasteiger partial charge >= 0.3 is 0 Å². The number of aliphatic imine (C=N–C) groups is 1. The summed E-state index contributed by atoms with van der Waals surface area (Å²) in [6.45, 7) is 9.14. The summed E-state index contributed by atoms with van der Waals surface area (Å²) < 4.78 is 1.85. The van der Waals surface area contributed by atoms with Crippen LogP contribution in [0, 0.1) is 13.8 Å². The van der Waals surface area contributed by atoms with Gasteiger partial charge in [-0.15, -0.1) is 24.0 Å². The van der Waals surface area contributed by atoms with E-state index in [0.29, 0.717) is 0 Å². The molecule has 30 heavy (non-hydrogen) atoms. The van der Waals surface area contributed by atoms with Crippen LogP contribution in [0.4, 0.5) is 5.69 Å². The Hall–Kier alpha value is -1.81. The highest BCUT2D eigenvalue weighted by atomic mass is 127. The predicted octanol–water partition coefficient (Wildman–Crippen LogP) is 2.66. The first kappa shape index (κ1) is 24.5. The zero-order valence-electron chi connectivity index (χ0n) is 19.1. The van der Waals surface area contributed by atoms with Crippen molar-refractivity contribution in [2.45, 2.75) is 19.9 Å². The molecule has 1 atom stereocenters. The van der Waals surface area contributed by atoms with Gasteiger partial charge in [-0.3, -0.25) is 9.67 Å². The first-order chi connectivity index (χ1) is 13.9. The summed E-state index contributed by atoms with van der Waals surface area (Å²) in [5, 5.41) is 7.91. The van der Waals surface area contributed by atoms with E-state index in [1.54, 1.807) is 0 Å². The maximum absolute atomic E-state index is 4.54. The van der Waals surface area contributed by atoms with Crippen molar-refractivity contribution in [2.24, 2.45) is 12.0 Å². The van der Waals surface area contributed by atoms with Crippen molar-refractivity contribution in [3.63, 3.8) is 0 Å². The molecule has 1 fully saturated rings. The van der Waals surface area contributed by atoms with Crippen molar-refractivity contribution in [1.82, 2.24) is 24.9 Å². The van der Waals surface area contributed by atoms with Crippen molar-refractivity contribution in [1.29, 1.82) is 0 Å². The number of likely N-dealkylation sites (N-methyl/N-ethyl adjacent to an activating group) is 1. The highest BCUT2D eigenvalue weighted by molar-refractivity contribution is 14.0. The van der Waals surface area contributed by atoms with Gasteiger partial charge in [0, 0.05) is 64.3 Å². The molecule has 0 saturated carbocycles. The molecule has 0 aliphatic carbocycles. The number of anilines is 1. The summed E-state index contributed by atoms with van der Waals surface area (Å²) in [6.07, 6.45) is 4.02. The summed E-state index contributed by atoms with van der Waals surface area (Å²) in [4.78, 5) is 11.6. The Morgan fingerprint density at radius 2 is 1.90 bits per heavy atom. The fraction of sp³-hybridized carbons (Fsp3) is 0.545. The van der Waals surface area contributed by atoms with E-state index < -0.39 is 0 Å². The number of guanidine groups is 1. The topological polar surface area (TPSA) is 51.9 Å². The summed E-state index contributed by atoms with van der Waals surface area (Å²) >= 11 is 0. The van der Waals surface area contributed by atoms with Crippen LogP contribution in [-0.4, -0.2) is 79.4 Å². The molecule has 8 heteroatoms. The molecule has 0 bridgehead atoms. The monoisotopic (exact) mass is 525 g/mol. The number of piperazine rings is 1. The van der Waals surface area contributed by atoms with Crippen molar-refractivity contribution in [3.05, 3.63) is 47.3 Å². The SMILES string of the molecule is CN=C(NCC(c1cnn(C)c1)N(C)C)N1CCN(c2cccc(C)c2C)CC1.I. The van der Waals surface area contributed by atoms with Crippen molar-refractivity contribution < 1.29 is 0 Å². The summed E-state index contributed by atoms with van der Waals surface area (Å²) in [5.41, 5.74) is 5.30. The Morgan fingerprint density at radius 1 is 1.20 bits per heavy atom. The minimum atomic E-state index is 0. The maximum Gasteiger partial charge on any atom is 0.193 e. The smallest absolute Gasteiger partial charge is 0.193 e. The van der Waals surface area contributed by atoms with Gasteiger partial charge in [0.2, 0.25) is 0 Å². The average molecular weight is 525 g/mol. The lowest BCUT2D eigenvalue weighted by atomic mass is 10.1. The summed E-state index contributed by atoms with van der Waals surface area (Å²) in [5.74, 6) is 0.973. The van der Waals surface area contributed by atoms with Crippen LogP contribution in [0.25, 0.3) is 0 Å². The van der Waals surface area contributed by atoms with Crippen LogP contribution in [-0.2, 0) is 7.05 Å². The van der Waals surface area contributed by atoms with E-state index >= 15 is 0 Å². The van der Waals surface area contributed by atoms with E-state index in [9.17, 15) is 0 Å². The molecule has 1 unspecified atom stereocenters. The van der Waals surface area contributed by atoms with Gasteiger partial charge in [-0.1, -0.05) is 12.1 Å². The fourth-order valence-corrected chi connectivity index (χ4v) is 3.97. The van der Waals surface area contributed by atoms with Crippen molar-refractivity contribution in [3.8, 4) is 0 Å². The number of benzene rings is 1. The van der Waals surface area contributed by atoms with Crippen LogP contribution in [0.3, 0.4) is 0 Å². The molecule has 1 aromatic heterocycles. The second-order valence-corrected chi connectivity index (χ2v) is 8.05. The Morgan fingerprint density at radius 3 is 2.47 bits per heavy atom. The molecular formula is C22H36IN7. The number of aryl methyl sites for hydroxylation is 2. The molecule has 0 spiro atoms. The summed E-state index contributed by atoms with van der Waals surface area (Å²) in [6, 6.07) is 6.83. The highest BCUT2D eigenvalue weighted by Gasteiger charge is 2.22. The molecule has 166 valence electrons. The third kappa shape index (κ3) is 5.66. The molecule has 1 aliphatic rings. The van der Waals surface area contributed by atoms with Gasteiger partial charge in [-0.25, -0.2) is 0 Å². The van der Waals surface area contributed by atoms with Crippen LogP contribution in [0.5, 0.6) is 0 Å². The van der Waals surface area contributed by atoms with E-state index in [4.69, 9.17) is 0 Å². The highest BCUT2D eigenvalue weighted by Crippen LogP contribution is 2.24. The average Bonchev–Trinajstić information content (AvgIpc) is 3.13. The lowest BCUT2D eigenvalue weighted by Gasteiger charge is -2.39. The van der Waals surface area contributed by atoms with Gasteiger partial charge in [0.05, 0.1) is 12.2 Å². The second kappa shape index (κ2) is 11.0. The van der Waals surface area contributed by atoms with E-state index in [-0.39, 0.29) is 30.0 Å². The largest absolute Gasteiger partial charge is 0.368 e. The lowest BCUT2D eigenvalue weighted by molar-refractivity contribution is 0.292. The van der Waals surface area contributed by atoms with E-state index in [1.807, 2.05) is 25.0 Å². The molecular weight excluding hydrogens is 489 g/mol. The summed E-state index contributed by atoms with van der Waals surface area (Å²) in [7, 11) is 8.03. The molecule has 0 radical (unpaired) electrons. The number of nitrogens with zero attached hydrogens (tertiary/aromatic N) is 6. The zero-order chi connectivity index (χ0) is 21.0. The minimum absolute atomic E-state index is 0. The quantitative estimate of drug-likeness (QED) is 0.370. The van der Waals surface area contributed by atoms with Crippen LogP contribution in [0.2, 0.25) is 0 Å². The van der Waals surface area contributed by atoms with Gasteiger partial charge in [-0.05, 0) is 45.1 Å². The maximum atomic E-state index is 4.54. The third-order valence-corrected chi connectivity index (χ3v) is 5.89. The standard InChI is InChI=1S/C22H35N7.HI/c1-17-8-7-9-20(18(17)2)28-10-12-29(13-11-28)22(23-3)24-15-21(26(4)5)19-14-25-27(6)16-19;/h7-9,14,16,21H,10-13,15H2,1-6H3,(H,23,24);1H. The molecule has 7 nitrogen and oxygen atoms in total. The molecule has 1 saturated heterocycles. The number of halogens is 1. The van der Waals surface area contributed by atoms with E-state index in [2.05, 4.69) is 82.4 Å². The van der Waals surface area contributed by atoms with E-state index in [0.717, 1.165) is 38.7 Å². The number of aromatic nitrogens is 2. The van der Waals surface area contributed by atoms with Gasteiger partial charge in [-0.2, -0.15) is 5.10 Å². The van der Waals surface area contributed by atoms with Gasteiger partial charge in [0.15, 0.2) is 5.96 Å². The lowest BCUT2D eigenvalue weighted by Crippen LogP contribution is -2.53. The van der Waals surface area contributed by atoms with Crippen molar-refractivity contribution >= 4 is 35.6 Å². The number of hydrogen-bond donors (Lipinski definition) is 1. The number of rotatable bonds is 5. The van der Waals surface area contributed by atoms with E-state index in [1.165, 1.54) is 22.4 Å². The zero-order valence-corrected chi connectivity index (χ0v) is 21.4.